The number of methoxy groups -OCH3 is 1. The highest BCUT2D eigenvalue weighted by molar-refractivity contribution is 5.41. The van der Waals surface area contributed by atoms with Gasteiger partial charge in [-0.1, -0.05) is 6.07 Å². The molecular weight excluding hydrogens is 236 g/mol. The average Bonchev–Trinajstić information content (AvgIpc) is 3.17. The molecule has 3 nitrogen and oxygen atoms in total. The summed E-state index contributed by atoms with van der Waals surface area (Å²) in [5, 5.41) is 3.56. The van der Waals surface area contributed by atoms with Gasteiger partial charge >= 0.3 is 0 Å². The van der Waals surface area contributed by atoms with Crippen LogP contribution in [0.4, 0.5) is 0 Å². The molecule has 0 amide bonds. The van der Waals surface area contributed by atoms with Crippen molar-refractivity contribution in [1.82, 2.24) is 10.2 Å². The summed E-state index contributed by atoms with van der Waals surface area (Å²) in [4.78, 5) is 2.38. The van der Waals surface area contributed by atoms with Gasteiger partial charge in [0.05, 0.1) is 7.11 Å². The van der Waals surface area contributed by atoms with E-state index < -0.39 is 0 Å². The molecule has 1 N–H and O–H groups in total. The Bertz CT molecular complexity index is 427. The van der Waals surface area contributed by atoms with Gasteiger partial charge in [0.15, 0.2) is 0 Å². The topological polar surface area (TPSA) is 24.5 Å². The fourth-order valence-electron chi connectivity index (χ4n) is 2.36. The maximum Gasteiger partial charge on any atom is 0.122 e. The second-order valence-corrected chi connectivity index (χ2v) is 5.71. The number of aryl methyl sites for hydroxylation is 2. The number of hydrogen-bond donors (Lipinski definition) is 1. The summed E-state index contributed by atoms with van der Waals surface area (Å²) in [7, 11) is 3.92. The van der Waals surface area contributed by atoms with Crippen molar-refractivity contribution >= 4 is 0 Å². The van der Waals surface area contributed by atoms with Gasteiger partial charge in [-0.05, 0) is 56.5 Å². The first-order chi connectivity index (χ1) is 9.10. The number of likely N-dealkylation sites (N-methyl/N-ethyl adjacent to an activating group) is 1. The van der Waals surface area contributed by atoms with Crippen LogP contribution in [-0.4, -0.2) is 38.2 Å². The normalized spacial score (nSPS) is 15.0. The fourth-order valence-corrected chi connectivity index (χ4v) is 2.36. The van der Waals surface area contributed by atoms with Gasteiger partial charge in [0.25, 0.3) is 0 Å². The molecule has 0 atom stereocenters. The molecule has 0 bridgehead atoms. The van der Waals surface area contributed by atoms with E-state index in [1.54, 1.807) is 7.11 Å². The smallest absolute Gasteiger partial charge is 0.122 e. The van der Waals surface area contributed by atoms with E-state index in [2.05, 4.69) is 43.2 Å². The zero-order valence-corrected chi connectivity index (χ0v) is 12.6. The summed E-state index contributed by atoms with van der Waals surface area (Å²) in [6.07, 6.45) is 2.72. The second-order valence-electron chi connectivity index (χ2n) is 5.71. The van der Waals surface area contributed by atoms with E-state index in [4.69, 9.17) is 4.74 Å². The summed E-state index contributed by atoms with van der Waals surface area (Å²) < 4.78 is 5.36. The first-order valence-electron chi connectivity index (χ1n) is 7.16. The van der Waals surface area contributed by atoms with Gasteiger partial charge in [-0.25, -0.2) is 0 Å². The van der Waals surface area contributed by atoms with Crippen LogP contribution in [0.15, 0.2) is 12.1 Å². The van der Waals surface area contributed by atoms with Crippen molar-refractivity contribution in [2.75, 3.05) is 27.2 Å². The summed E-state index contributed by atoms with van der Waals surface area (Å²) in [6.45, 7) is 7.46. The van der Waals surface area contributed by atoms with E-state index in [1.165, 1.54) is 29.5 Å². The lowest BCUT2D eigenvalue weighted by molar-refractivity contribution is 0.323. The molecule has 0 saturated heterocycles. The molecule has 0 heterocycles. The predicted molar refractivity (Wildman–Crippen MR) is 79.8 cm³/mol. The molecule has 3 heteroatoms. The predicted octanol–water partition coefficient (Wildman–Crippen LogP) is 2.50. The summed E-state index contributed by atoms with van der Waals surface area (Å²) >= 11 is 0. The van der Waals surface area contributed by atoms with E-state index in [-0.39, 0.29) is 0 Å². The van der Waals surface area contributed by atoms with Crippen molar-refractivity contribution in [2.45, 2.75) is 39.3 Å². The Morgan fingerprint density at radius 2 is 2.00 bits per heavy atom. The molecule has 1 aliphatic rings. The van der Waals surface area contributed by atoms with E-state index in [0.717, 1.165) is 31.4 Å². The van der Waals surface area contributed by atoms with Crippen molar-refractivity contribution < 1.29 is 4.74 Å². The minimum Gasteiger partial charge on any atom is -0.496 e. The van der Waals surface area contributed by atoms with Crippen LogP contribution in [0.1, 0.15) is 29.5 Å². The molecule has 0 radical (unpaired) electrons. The maximum absolute atomic E-state index is 5.36. The number of nitrogens with zero attached hydrogens (tertiary/aromatic N) is 1. The Kier molecular flexibility index (Phi) is 4.83. The highest BCUT2D eigenvalue weighted by Crippen LogP contribution is 2.23. The molecule has 2 rings (SSSR count). The molecule has 1 aromatic rings. The largest absolute Gasteiger partial charge is 0.496 e. The zero-order chi connectivity index (χ0) is 13.8. The Hall–Kier alpha value is -1.06. The van der Waals surface area contributed by atoms with E-state index in [1.807, 2.05) is 0 Å². The van der Waals surface area contributed by atoms with Crippen LogP contribution in [-0.2, 0) is 6.54 Å². The Balaban J connectivity index is 1.87. The zero-order valence-electron chi connectivity index (χ0n) is 12.6. The lowest BCUT2D eigenvalue weighted by atomic mass is 10.0. The molecule has 1 aromatic carbocycles. The molecule has 0 aromatic heterocycles. The SMILES string of the molecule is COc1cc(C)c(CN(C)CCNC2CC2)cc1C. The highest BCUT2D eigenvalue weighted by Gasteiger charge is 2.19. The van der Waals surface area contributed by atoms with Crippen LogP contribution in [0.2, 0.25) is 0 Å². The first kappa shape index (κ1) is 14.4. The molecule has 19 heavy (non-hydrogen) atoms. The summed E-state index contributed by atoms with van der Waals surface area (Å²) in [6, 6.07) is 5.19. The van der Waals surface area contributed by atoms with Gasteiger partial charge in [-0.2, -0.15) is 0 Å². The van der Waals surface area contributed by atoms with Crippen LogP contribution < -0.4 is 10.1 Å². The van der Waals surface area contributed by atoms with Gasteiger partial charge < -0.3 is 15.0 Å². The summed E-state index contributed by atoms with van der Waals surface area (Å²) in [5.41, 5.74) is 3.92. The standard InChI is InChI=1S/C16H26N2O/c1-12-10-16(19-4)13(2)9-14(12)11-18(3)8-7-17-15-5-6-15/h9-10,15,17H,5-8,11H2,1-4H3. The van der Waals surface area contributed by atoms with Crippen LogP contribution >= 0.6 is 0 Å². The third kappa shape index (κ3) is 4.22. The van der Waals surface area contributed by atoms with Gasteiger partial charge in [0.2, 0.25) is 0 Å². The Morgan fingerprint density at radius 3 is 2.63 bits per heavy atom. The molecular formula is C16H26N2O. The maximum atomic E-state index is 5.36. The molecule has 0 unspecified atom stereocenters. The minimum atomic E-state index is 0.804. The summed E-state index contributed by atoms with van der Waals surface area (Å²) in [5.74, 6) is 0.985. The van der Waals surface area contributed by atoms with Crippen LogP contribution in [0, 0.1) is 13.8 Å². The number of benzene rings is 1. The third-order valence-corrected chi connectivity index (χ3v) is 3.80. The first-order valence-corrected chi connectivity index (χ1v) is 7.16. The van der Waals surface area contributed by atoms with Crippen LogP contribution in [0.25, 0.3) is 0 Å². The molecule has 1 fully saturated rings. The van der Waals surface area contributed by atoms with Crippen molar-refractivity contribution in [3.63, 3.8) is 0 Å². The molecule has 0 aliphatic heterocycles. The third-order valence-electron chi connectivity index (χ3n) is 3.80. The van der Waals surface area contributed by atoms with Crippen LogP contribution in [0.5, 0.6) is 5.75 Å². The van der Waals surface area contributed by atoms with Crippen molar-refractivity contribution in [3.8, 4) is 5.75 Å². The molecule has 1 aliphatic carbocycles. The van der Waals surface area contributed by atoms with Crippen molar-refractivity contribution in [1.29, 1.82) is 0 Å². The van der Waals surface area contributed by atoms with E-state index >= 15 is 0 Å². The minimum absolute atomic E-state index is 0.804. The Morgan fingerprint density at radius 1 is 1.26 bits per heavy atom. The monoisotopic (exact) mass is 262 g/mol. The van der Waals surface area contributed by atoms with Crippen molar-refractivity contribution in [3.05, 3.63) is 28.8 Å². The van der Waals surface area contributed by atoms with Crippen molar-refractivity contribution in [2.24, 2.45) is 0 Å². The second kappa shape index (κ2) is 6.40. The lowest BCUT2D eigenvalue weighted by Crippen LogP contribution is -2.30. The molecule has 0 spiro atoms. The van der Waals surface area contributed by atoms with E-state index in [0.29, 0.717) is 0 Å². The number of nitrogens with one attached hydrogen (secondary N) is 1. The van der Waals surface area contributed by atoms with Gasteiger partial charge in [0.1, 0.15) is 5.75 Å². The average molecular weight is 262 g/mol. The quantitative estimate of drug-likeness (QED) is 0.817. The fraction of sp³-hybridized carbons (Fsp3) is 0.625. The number of hydrogen-bond acceptors (Lipinski definition) is 3. The highest BCUT2D eigenvalue weighted by atomic mass is 16.5. The van der Waals surface area contributed by atoms with Gasteiger partial charge in [0, 0.05) is 25.7 Å². The van der Waals surface area contributed by atoms with Crippen LogP contribution in [0.3, 0.4) is 0 Å². The number of rotatable bonds is 7. The van der Waals surface area contributed by atoms with Gasteiger partial charge in [-0.15, -0.1) is 0 Å². The Labute approximate surface area is 116 Å². The lowest BCUT2D eigenvalue weighted by Gasteiger charge is -2.19. The molecule has 1 saturated carbocycles. The van der Waals surface area contributed by atoms with Gasteiger partial charge in [-0.3, -0.25) is 0 Å². The molecule has 106 valence electrons. The number of ether oxygens (including phenoxy) is 1. The van der Waals surface area contributed by atoms with E-state index in [9.17, 15) is 0 Å².